The molecule has 0 aliphatic heterocycles. The van der Waals surface area contributed by atoms with Crippen molar-refractivity contribution in [3.05, 3.63) is 45.2 Å². The van der Waals surface area contributed by atoms with Crippen molar-refractivity contribution in [2.24, 2.45) is 29.4 Å². The largest absolute Gasteiger partial charge is 0.508 e. The van der Waals surface area contributed by atoms with Gasteiger partial charge in [0.15, 0.2) is 11.4 Å². The Morgan fingerprint density at radius 1 is 1.06 bits per heavy atom. The van der Waals surface area contributed by atoms with Crippen LogP contribution in [-0.4, -0.2) is 88.5 Å². The molecule has 1 amide bonds. The number of hydrogen-bond acceptors (Lipinski definition) is 9. The molecule has 5 aliphatic rings. The van der Waals surface area contributed by atoms with E-state index in [0.29, 0.717) is 24.9 Å². The van der Waals surface area contributed by atoms with Gasteiger partial charge in [0, 0.05) is 38.2 Å². The molecule has 0 spiro atoms. The number of ketones is 2. The van der Waals surface area contributed by atoms with Gasteiger partial charge in [0.1, 0.15) is 22.8 Å². The van der Waals surface area contributed by atoms with Crippen molar-refractivity contribution in [2.45, 2.75) is 75.7 Å². The zero-order valence-corrected chi connectivity index (χ0v) is 26.8. The number of primary amides is 1. The van der Waals surface area contributed by atoms with Gasteiger partial charge in [-0.2, -0.15) is 13.2 Å². The smallest absolute Gasteiger partial charge is 0.417 e. The molecule has 47 heavy (non-hydrogen) atoms. The third-order valence-electron chi connectivity index (χ3n) is 11.0. The molecule has 13 heteroatoms. The van der Waals surface area contributed by atoms with Crippen molar-refractivity contribution in [3.63, 3.8) is 0 Å². The van der Waals surface area contributed by atoms with E-state index in [1.165, 1.54) is 19.0 Å². The molecule has 0 radical (unpaired) electrons. The Morgan fingerprint density at radius 3 is 2.21 bits per heavy atom. The summed E-state index contributed by atoms with van der Waals surface area (Å²) < 4.78 is 50.9. The molecule has 4 atom stereocenters. The van der Waals surface area contributed by atoms with Gasteiger partial charge >= 0.3 is 6.18 Å². The molecule has 0 unspecified atom stereocenters. The number of nitrogens with two attached hydrogens (primary N) is 1. The van der Waals surface area contributed by atoms with Crippen molar-refractivity contribution in [1.29, 1.82) is 0 Å². The highest BCUT2D eigenvalue weighted by molar-refractivity contribution is 6.24. The number of phenolic OH excluding ortho intramolecular Hbond substituents is 1. The Morgan fingerprint density at radius 2 is 1.68 bits per heavy atom. The summed E-state index contributed by atoms with van der Waals surface area (Å²) in [5, 5.41) is 34.1. The van der Waals surface area contributed by atoms with E-state index in [0.717, 1.165) is 51.7 Å². The van der Waals surface area contributed by atoms with Crippen molar-refractivity contribution in [2.75, 3.05) is 34.3 Å². The number of carbonyl (C=O) groups is 3. The molecule has 1 aromatic carbocycles. The van der Waals surface area contributed by atoms with Gasteiger partial charge in [0.25, 0.3) is 5.91 Å². The minimum atomic E-state index is -4.84. The van der Waals surface area contributed by atoms with Crippen LogP contribution in [0.4, 0.5) is 13.2 Å². The molecule has 1 aromatic rings. The minimum absolute atomic E-state index is 0.0230. The quantitative estimate of drug-likeness (QED) is 0.287. The molecule has 3 fully saturated rings. The summed E-state index contributed by atoms with van der Waals surface area (Å²) in [5.41, 5.74) is 0.119. The topological polar surface area (TPSA) is 154 Å². The summed E-state index contributed by atoms with van der Waals surface area (Å²) in [6, 6.07) is -0.157. The van der Waals surface area contributed by atoms with E-state index in [1.807, 2.05) is 0 Å². The van der Waals surface area contributed by atoms with Gasteiger partial charge in [-0.05, 0) is 87.6 Å². The third-order valence-corrected chi connectivity index (χ3v) is 11.0. The Labute approximate surface area is 271 Å². The summed E-state index contributed by atoms with van der Waals surface area (Å²) in [6.07, 6.45) is 0.985. The van der Waals surface area contributed by atoms with Crippen LogP contribution >= 0.6 is 0 Å². The lowest BCUT2D eigenvalue weighted by atomic mass is 9.57. The van der Waals surface area contributed by atoms with E-state index in [2.05, 4.69) is 4.90 Å². The van der Waals surface area contributed by atoms with Crippen molar-refractivity contribution < 1.29 is 47.6 Å². The molecular formula is C34H42F3N3O7. The number of halogens is 3. The van der Waals surface area contributed by atoms with Crippen LogP contribution in [0.3, 0.4) is 0 Å². The van der Waals surface area contributed by atoms with Gasteiger partial charge in [-0.25, -0.2) is 0 Å². The number of likely N-dealkylation sites (N-methyl/N-ethyl adjacent to an activating group) is 1. The van der Waals surface area contributed by atoms with Gasteiger partial charge in [-0.1, -0.05) is 12.8 Å². The summed E-state index contributed by atoms with van der Waals surface area (Å²) in [7, 11) is 4.15. The number of ether oxygens (including phenoxy) is 1. The Bertz CT molecular complexity index is 1570. The number of amides is 1. The van der Waals surface area contributed by atoms with E-state index in [4.69, 9.17) is 10.5 Å². The number of nitrogens with zero attached hydrogens (tertiary/aromatic N) is 2. The van der Waals surface area contributed by atoms with Crippen LogP contribution in [-0.2, 0) is 38.3 Å². The van der Waals surface area contributed by atoms with E-state index in [-0.39, 0.29) is 36.1 Å². The van der Waals surface area contributed by atoms with Crippen LogP contribution in [0.5, 0.6) is 5.75 Å². The van der Waals surface area contributed by atoms with Gasteiger partial charge in [-0.15, -0.1) is 0 Å². The van der Waals surface area contributed by atoms with Crippen LogP contribution in [0, 0.1) is 23.7 Å². The molecule has 256 valence electrons. The first kappa shape index (κ1) is 33.5. The number of rotatable bonds is 9. The number of phenols is 1. The Hall–Kier alpha value is -3.42. The fourth-order valence-electron chi connectivity index (χ4n) is 8.85. The standard InChI is InChI=1S/C34H42F3N3O7/c1-39(2)27-21-11-18-10-20-24(28(42)23(18)30(44)33(21,47-3)31(45)25(29(27)43)32(38)46)22(41)12-19(26(20)34(35,36)37)15-40(14-17-8-9-17)13-16-6-4-5-7-16/h12,16-18,21,27,41-42,45H,4-11,13-15H2,1-3H3,(H2,38,46)/t18-,21-,27-,33-/m0/s1. The second-order valence-electron chi connectivity index (χ2n) is 14.2. The van der Waals surface area contributed by atoms with Crippen LogP contribution in [0.1, 0.15) is 67.2 Å². The molecule has 3 saturated carbocycles. The van der Waals surface area contributed by atoms with Gasteiger partial charge in [0.2, 0.25) is 5.78 Å². The molecular weight excluding hydrogens is 619 g/mol. The number of carbonyl (C=O) groups excluding carboxylic acids is 3. The normalized spacial score (nSPS) is 28.3. The lowest BCUT2D eigenvalue weighted by molar-refractivity contribution is -0.159. The first-order valence-electron chi connectivity index (χ1n) is 16.3. The molecule has 10 nitrogen and oxygen atoms in total. The average molecular weight is 662 g/mol. The number of fused-ring (bicyclic) bond motifs is 3. The fraction of sp³-hybridized carbons (Fsp3) is 0.618. The molecule has 0 bridgehead atoms. The monoisotopic (exact) mass is 661 g/mol. The summed E-state index contributed by atoms with van der Waals surface area (Å²) in [6.45, 7) is 1.32. The number of methoxy groups -OCH3 is 1. The minimum Gasteiger partial charge on any atom is -0.508 e. The summed E-state index contributed by atoms with van der Waals surface area (Å²) >= 11 is 0. The Kier molecular flexibility index (Phi) is 8.49. The Balaban J connectivity index is 1.49. The first-order valence-corrected chi connectivity index (χ1v) is 16.3. The number of benzene rings is 1. The fourth-order valence-corrected chi connectivity index (χ4v) is 8.85. The maximum Gasteiger partial charge on any atom is 0.417 e. The lowest BCUT2D eigenvalue weighted by Crippen LogP contribution is -2.66. The predicted molar refractivity (Wildman–Crippen MR) is 164 cm³/mol. The highest BCUT2D eigenvalue weighted by Gasteiger charge is 2.65. The van der Waals surface area contributed by atoms with E-state index in [9.17, 15) is 29.7 Å². The maximum absolute atomic E-state index is 15.1. The van der Waals surface area contributed by atoms with Crippen molar-refractivity contribution in [3.8, 4) is 5.75 Å². The van der Waals surface area contributed by atoms with E-state index >= 15 is 13.2 Å². The SMILES string of the molecule is CO[C@]12C(=O)C3=C(O)c4c(O)cc(CN(CC5CCCC5)CC5CC5)c(C(F)(F)F)c4C[C@H]3C[C@H]1[C@H](N(C)C)C(=O)C(C(N)=O)=C2O. The third kappa shape index (κ3) is 5.44. The van der Waals surface area contributed by atoms with E-state index < -0.39 is 81.1 Å². The lowest BCUT2D eigenvalue weighted by Gasteiger charge is -2.52. The van der Waals surface area contributed by atoms with Gasteiger partial charge in [0.05, 0.1) is 17.2 Å². The second kappa shape index (κ2) is 11.9. The number of aliphatic hydroxyl groups excluding tert-OH is 2. The number of Topliss-reactive ketones (excluding diaryl/α,β-unsaturated/α-hetero) is 2. The highest BCUT2D eigenvalue weighted by atomic mass is 19.4. The second-order valence-corrected chi connectivity index (χ2v) is 14.2. The van der Waals surface area contributed by atoms with Crippen LogP contribution in [0.2, 0.25) is 0 Å². The first-order chi connectivity index (χ1) is 22.1. The highest BCUT2D eigenvalue weighted by Crippen LogP contribution is 2.55. The molecule has 5 N–H and O–H groups in total. The number of aromatic hydroxyl groups is 1. The summed E-state index contributed by atoms with van der Waals surface area (Å²) in [4.78, 5) is 43.7. The van der Waals surface area contributed by atoms with Gasteiger partial charge in [-0.3, -0.25) is 24.2 Å². The average Bonchev–Trinajstić information content (AvgIpc) is 3.62. The van der Waals surface area contributed by atoms with Crippen molar-refractivity contribution in [1.82, 2.24) is 9.80 Å². The molecule has 0 heterocycles. The zero-order valence-electron chi connectivity index (χ0n) is 26.8. The van der Waals surface area contributed by atoms with E-state index in [1.54, 1.807) is 0 Å². The van der Waals surface area contributed by atoms with Crippen molar-refractivity contribution >= 4 is 23.2 Å². The molecule has 5 aliphatic carbocycles. The van der Waals surface area contributed by atoms with Crippen LogP contribution in [0.15, 0.2) is 23.0 Å². The number of aliphatic hydroxyl groups is 2. The number of alkyl halides is 3. The van der Waals surface area contributed by atoms with Crippen LogP contribution in [0.25, 0.3) is 5.76 Å². The molecule has 6 rings (SSSR count). The molecule has 0 aromatic heterocycles. The maximum atomic E-state index is 15.1. The zero-order chi connectivity index (χ0) is 34.2. The van der Waals surface area contributed by atoms with Gasteiger partial charge < -0.3 is 25.8 Å². The predicted octanol–water partition coefficient (Wildman–Crippen LogP) is 4.04. The van der Waals surface area contributed by atoms with Crippen LogP contribution < -0.4 is 5.73 Å². The number of hydrogen-bond donors (Lipinski definition) is 4. The summed E-state index contributed by atoms with van der Waals surface area (Å²) in [5.74, 6) is -6.88. The molecule has 0 saturated heterocycles.